The van der Waals surface area contributed by atoms with Gasteiger partial charge in [-0.05, 0) is 37.4 Å². The molecule has 0 saturated carbocycles. The molecule has 0 aliphatic heterocycles. The van der Waals surface area contributed by atoms with Crippen LogP contribution >= 0.6 is 0 Å². The molecule has 1 aromatic rings. The zero-order valence-corrected chi connectivity index (χ0v) is 9.75. The summed E-state index contributed by atoms with van der Waals surface area (Å²) < 4.78 is 1.88. The van der Waals surface area contributed by atoms with Gasteiger partial charge in [-0.2, -0.15) is 0 Å². The lowest BCUT2D eigenvalue weighted by Gasteiger charge is -2.13. The predicted octanol–water partition coefficient (Wildman–Crippen LogP) is 1.11. The quantitative estimate of drug-likeness (QED) is 0.768. The Morgan fingerprint density at radius 2 is 2.31 bits per heavy atom. The topological polar surface area (TPSA) is 34.0 Å². The number of pyridine rings is 1. The fourth-order valence-electron chi connectivity index (χ4n) is 2.34. The summed E-state index contributed by atoms with van der Waals surface area (Å²) in [6.45, 7) is 5.39. The van der Waals surface area contributed by atoms with Crippen LogP contribution in [0.1, 0.15) is 17.7 Å². The highest BCUT2D eigenvalue weighted by molar-refractivity contribution is 5.26. The first-order valence-corrected chi connectivity index (χ1v) is 5.75. The third-order valence-electron chi connectivity index (χ3n) is 3.06. The molecule has 3 nitrogen and oxygen atoms in total. The second kappa shape index (κ2) is 4.66. The predicted molar refractivity (Wildman–Crippen MR) is 65.8 cm³/mol. The normalized spacial score (nSPS) is 13.8. The average Bonchev–Trinajstić information content (AvgIpc) is 2.71. The minimum atomic E-state index is 0.0953. The summed E-state index contributed by atoms with van der Waals surface area (Å²) in [6, 6.07) is 3.65. The van der Waals surface area contributed by atoms with E-state index in [4.69, 9.17) is 0 Å². The Morgan fingerprint density at radius 1 is 1.50 bits per heavy atom. The number of rotatable bonds is 4. The molecule has 2 rings (SSSR count). The van der Waals surface area contributed by atoms with Crippen molar-refractivity contribution in [2.24, 2.45) is 0 Å². The molecule has 0 radical (unpaired) electrons. The zero-order valence-electron chi connectivity index (χ0n) is 9.75. The van der Waals surface area contributed by atoms with Gasteiger partial charge in [0.05, 0.1) is 0 Å². The van der Waals surface area contributed by atoms with Gasteiger partial charge in [0.25, 0.3) is 5.56 Å². The molecule has 16 heavy (non-hydrogen) atoms. The SMILES string of the molecule is C=C(CNC)Cn1c2c(ccc1=O)CCC2. The first-order chi connectivity index (χ1) is 7.72. The highest BCUT2D eigenvalue weighted by atomic mass is 16.1. The van der Waals surface area contributed by atoms with Gasteiger partial charge >= 0.3 is 0 Å². The second-order valence-electron chi connectivity index (χ2n) is 4.36. The number of hydrogen-bond donors (Lipinski definition) is 1. The Morgan fingerprint density at radius 3 is 3.06 bits per heavy atom. The van der Waals surface area contributed by atoms with Gasteiger partial charge in [-0.3, -0.25) is 4.79 Å². The van der Waals surface area contributed by atoms with Gasteiger partial charge in [0.2, 0.25) is 0 Å². The largest absolute Gasteiger partial charge is 0.316 e. The van der Waals surface area contributed by atoms with Gasteiger partial charge in [-0.1, -0.05) is 12.6 Å². The zero-order chi connectivity index (χ0) is 11.5. The fraction of sp³-hybridized carbons (Fsp3) is 0.462. The molecular formula is C13H18N2O. The van der Waals surface area contributed by atoms with Crippen molar-refractivity contribution in [2.75, 3.05) is 13.6 Å². The van der Waals surface area contributed by atoms with Crippen LogP contribution in [-0.4, -0.2) is 18.2 Å². The maximum absolute atomic E-state index is 11.8. The standard InChI is InChI=1S/C13H18N2O/c1-10(8-14-2)9-15-12-5-3-4-11(12)6-7-13(15)16/h6-7,14H,1,3-5,8-9H2,2H3. The van der Waals surface area contributed by atoms with E-state index < -0.39 is 0 Å². The van der Waals surface area contributed by atoms with E-state index >= 15 is 0 Å². The number of likely N-dealkylation sites (N-methyl/N-ethyl adjacent to an activating group) is 1. The van der Waals surface area contributed by atoms with E-state index in [1.807, 2.05) is 17.7 Å². The van der Waals surface area contributed by atoms with Crippen LogP contribution in [0.15, 0.2) is 29.1 Å². The van der Waals surface area contributed by atoms with Crippen molar-refractivity contribution in [3.05, 3.63) is 45.9 Å². The van der Waals surface area contributed by atoms with Crippen LogP contribution in [0.5, 0.6) is 0 Å². The van der Waals surface area contributed by atoms with E-state index in [1.165, 1.54) is 11.3 Å². The lowest BCUT2D eigenvalue weighted by atomic mass is 10.2. The molecule has 0 saturated heterocycles. The summed E-state index contributed by atoms with van der Waals surface area (Å²) in [4.78, 5) is 11.8. The highest BCUT2D eigenvalue weighted by Crippen LogP contribution is 2.20. The smallest absolute Gasteiger partial charge is 0.251 e. The Hall–Kier alpha value is -1.35. The Balaban J connectivity index is 2.30. The van der Waals surface area contributed by atoms with Gasteiger partial charge < -0.3 is 9.88 Å². The fourth-order valence-corrected chi connectivity index (χ4v) is 2.34. The molecule has 0 aromatic carbocycles. The minimum Gasteiger partial charge on any atom is -0.316 e. The number of aryl methyl sites for hydroxylation is 1. The summed E-state index contributed by atoms with van der Waals surface area (Å²) in [5.74, 6) is 0. The molecule has 1 aliphatic rings. The van der Waals surface area contributed by atoms with Gasteiger partial charge in [0.1, 0.15) is 0 Å². The molecule has 0 spiro atoms. The number of hydrogen-bond acceptors (Lipinski definition) is 2. The molecule has 0 atom stereocenters. The Labute approximate surface area is 95.8 Å². The molecule has 1 N–H and O–H groups in total. The van der Waals surface area contributed by atoms with Crippen molar-refractivity contribution >= 4 is 0 Å². The van der Waals surface area contributed by atoms with E-state index in [9.17, 15) is 4.79 Å². The van der Waals surface area contributed by atoms with E-state index in [-0.39, 0.29) is 5.56 Å². The van der Waals surface area contributed by atoms with Gasteiger partial charge in [-0.25, -0.2) is 0 Å². The van der Waals surface area contributed by atoms with Crippen molar-refractivity contribution < 1.29 is 0 Å². The number of fused-ring (bicyclic) bond motifs is 1. The third kappa shape index (κ3) is 2.09. The first-order valence-electron chi connectivity index (χ1n) is 5.75. The molecular weight excluding hydrogens is 200 g/mol. The molecule has 1 heterocycles. The number of nitrogens with one attached hydrogen (secondary N) is 1. The lowest BCUT2D eigenvalue weighted by Crippen LogP contribution is -2.25. The molecule has 0 unspecified atom stereocenters. The number of aromatic nitrogens is 1. The van der Waals surface area contributed by atoms with Crippen LogP contribution in [0.3, 0.4) is 0 Å². The Bertz CT molecular complexity index is 459. The lowest BCUT2D eigenvalue weighted by molar-refractivity contribution is 0.675. The maximum atomic E-state index is 11.8. The van der Waals surface area contributed by atoms with Crippen LogP contribution in [0.2, 0.25) is 0 Å². The summed E-state index contributed by atoms with van der Waals surface area (Å²) >= 11 is 0. The molecule has 86 valence electrons. The van der Waals surface area contributed by atoms with Crippen molar-refractivity contribution in [1.29, 1.82) is 0 Å². The van der Waals surface area contributed by atoms with E-state index in [2.05, 4.69) is 11.9 Å². The van der Waals surface area contributed by atoms with Crippen molar-refractivity contribution in [2.45, 2.75) is 25.8 Å². The summed E-state index contributed by atoms with van der Waals surface area (Å²) in [5, 5.41) is 3.06. The van der Waals surface area contributed by atoms with Crippen LogP contribution in [0, 0.1) is 0 Å². The van der Waals surface area contributed by atoms with Crippen molar-refractivity contribution in [3.63, 3.8) is 0 Å². The van der Waals surface area contributed by atoms with Crippen molar-refractivity contribution in [3.8, 4) is 0 Å². The van der Waals surface area contributed by atoms with Crippen LogP contribution < -0.4 is 10.9 Å². The molecule has 0 amide bonds. The molecule has 3 heteroatoms. The second-order valence-corrected chi connectivity index (χ2v) is 4.36. The van der Waals surface area contributed by atoms with Crippen LogP contribution in [0.4, 0.5) is 0 Å². The first kappa shape index (κ1) is 11.1. The monoisotopic (exact) mass is 218 g/mol. The molecule has 0 bridgehead atoms. The summed E-state index contributed by atoms with van der Waals surface area (Å²) in [7, 11) is 1.89. The minimum absolute atomic E-state index is 0.0953. The van der Waals surface area contributed by atoms with E-state index in [0.717, 1.165) is 31.4 Å². The maximum Gasteiger partial charge on any atom is 0.251 e. The average molecular weight is 218 g/mol. The van der Waals surface area contributed by atoms with E-state index in [1.54, 1.807) is 6.07 Å². The van der Waals surface area contributed by atoms with Gasteiger partial charge in [0, 0.05) is 24.8 Å². The van der Waals surface area contributed by atoms with Crippen LogP contribution in [0.25, 0.3) is 0 Å². The summed E-state index contributed by atoms with van der Waals surface area (Å²) in [6.07, 6.45) is 3.30. The third-order valence-corrected chi connectivity index (χ3v) is 3.06. The van der Waals surface area contributed by atoms with Gasteiger partial charge in [-0.15, -0.1) is 0 Å². The molecule has 1 aliphatic carbocycles. The highest BCUT2D eigenvalue weighted by Gasteiger charge is 2.15. The molecule has 0 fully saturated rings. The molecule has 1 aromatic heterocycles. The Kier molecular flexibility index (Phi) is 3.25. The van der Waals surface area contributed by atoms with Gasteiger partial charge in [0.15, 0.2) is 0 Å². The van der Waals surface area contributed by atoms with Crippen LogP contribution in [-0.2, 0) is 19.4 Å². The van der Waals surface area contributed by atoms with Crippen molar-refractivity contribution in [1.82, 2.24) is 9.88 Å². The van der Waals surface area contributed by atoms with E-state index in [0.29, 0.717) is 6.54 Å². The summed E-state index contributed by atoms with van der Waals surface area (Å²) in [5.41, 5.74) is 3.68. The number of nitrogens with zero attached hydrogens (tertiary/aromatic N) is 1.